The third-order valence-corrected chi connectivity index (χ3v) is 16.0. The van der Waals surface area contributed by atoms with E-state index in [0.29, 0.717) is 12.3 Å². The van der Waals surface area contributed by atoms with E-state index in [-0.39, 0.29) is 76.4 Å². The molecule has 0 radical (unpaired) electrons. The Kier molecular flexibility index (Phi) is 8.45. The molecule has 46 heavy (non-hydrogen) atoms. The van der Waals surface area contributed by atoms with Gasteiger partial charge in [-0.15, -0.1) is 0 Å². The maximum atomic E-state index is 12.5. The second-order valence-electron chi connectivity index (χ2n) is 18.1. The number of hydrogen-bond donors (Lipinski definition) is 4. The predicted molar refractivity (Wildman–Crippen MR) is 171 cm³/mol. The number of aliphatic hydroxyl groups is 4. The summed E-state index contributed by atoms with van der Waals surface area (Å²) >= 11 is 0. The lowest BCUT2D eigenvalue weighted by molar-refractivity contribution is -0.264. The highest BCUT2D eigenvalue weighted by Gasteiger charge is 2.87. The van der Waals surface area contributed by atoms with Gasteiger partial charge in [0.2, 0.25) is 0 Å². The molecular formula is C37H62O9. The second-order valence-corrected chi connectivity index (χ2v) is 18.1. The molecule has 0 unspecified atom stereocenters. The minimum Gasteiger partial charge on any atom is -0.457 e. The number of aliphatic hydroxyl groups excluding tert-OH is 3. The topological polar surface area (TPSA) is 135 Å². The van der Waals surface area contributed by atoms with Gasteiger partial charge in [-0.3, -0.25) is 4.79 Å². The van der Waals surface area contributed by atoms with Gasteiger partial charge in [0.15, 0.2) is 12.4 Å². The highest BCUT2D eigenvalue weighted by Crippen LogP contribution is 2.92. The largest absolute Gasteiger partial charge is 0.457 e. The maximum Gasteiger partial charge on any atom is 0.303 e. The Morgan fingerprint density at radius 1 is 1.04 bits per heavy atom. The molecule has 6 fully saturated rings. The molecule has 5 saturated carbocycles. The van der Waals surface area contributed by atoms with Gasteiger partial charge in [-0.2, -0.15) is 0 Å². The fraction of sp³-hybridized carbons (Fsp3) is 0.973. The lowest BCUT2D eigenvalue weighted by Crippen LogP contribution is -2.63. The van der Waals surface area contributed by atoms with E-state index in [9.17, 15) is 25.2 Å². The van der Waals surface area contributed by atoms with Crippen molar-refractivity contribution in [2.75, 3.05) is 19.8 Å². The Morgan fingerprint density at radius 2 is 1.74 bits per heavy atom. The number of hydrogen-bond acceptors (Lipinski definition) is 9. The molecule has 1 saturated heterocycles. The van der Waals surface area contributed by atoms with Crippen molar-refractivity contribution in [1.29, 1.82) is 0 Å². The number of ether oxygens (including phenoxy) is 4. The van der Waals surface area contributed by atoms with Crippen molar-refractivity contribution in [1.82, 2.24) is 0 Å². The van der Waals surface area contributed by atoms with Crippen molar-refractivity contribution in [2.45, 2.75) is 156 Å². The van der Waals surface area contributed by atoms with Crippen LogP contribution in [0.4, 0.5) is 0 Å². The normalized spacial score (nSPS) is 50.2. The molecule has 9 nitrogen and oxygen atoms in total. The van der Waals surface area contributed by atoms with Crippen LogP contribution in [0.2, 0.25) is 0 Å². The van der Waals surface area contributed by atoms with E-state index in [1.165, 1.54) is 13.3 Å². The van der Waals surface area contributed by atoms with Crippen molar-refractivity contribution in [3.05, 3.63) is 0 Å². The monoisotopic (exact) mass is 650 g/mol. The molecule has 9 heteroatoms. The lowest BCUT2D eigenvalue weighted by atomic mass is 9.38. The molecular weight excluding hydrogens is 588 g/mol. The van der Waals surface area contributed by atoms with Crippen LogP contribution in [0.1, 0.15) is 114 Å². The van der Waals surface area contributed by atoms with Crippen LogP contribution >= 0.6 is 0 Å². The van der Waals surface area contributed by atoms with E-state index < -0.39 is 36.2 Å². The van der Waals surface area contributed by atoms with Crippen LogP contribution in [0.25, 0.3) is 0 Å². The van der Waals surface area contributed by atoms with Crippen molar-refractivity contribution < 1.29 is 44.2 Å². The Balaban J connectivity index is 1.29. The molecule has 1 aliphatic heterocycles. The van der Waals surface area contributed by atoms with E-state index in [4.69, 9.17) is 18.9 Å². The molecule has 0 amide bonds. The van der Waals surface area contributed by atoms with Crippen molar-refractivity contribution in [3.63, 3.8) is 0 Å². The third kappa shape index (κ3) is 4.40. The number of carbonyl (C=O) groups excluding carboxylic acids is 1. The molecule has 0 aromatic rings. The summed E-state index contributed by atoms with van der Waals surface area (Å²) in [6, 6.07) is 0. The molecule has 5 aliphatic carbocycles. The van der Waals surface area contributed by atoms with E-state index in [0.717, 1.165) is 38.5 Å². The minimum atomic E-state index is -1.27. The van der Waals surface area contributed by atoms with Gasteiger partial charge in [-0.05, 0) is 110 Å². The lowest BCUT2D eigenvalue weighted by Gasteiger charge is -2.67. The van der Waals surface area contributed by atoms with Crippen LogP contribution < -0.4 is 0 Å². The van der Waals surface area contributed by atoms with Crippen LogP contribution in [-0.2, 0) is 23.7 Å². The first kappa shape index (κ1) is 35.0. The van der Waals surface area contributed by atoms with Gasteiger partial charge in [0.05, 0.1) is 49.8 Å². The van der Waals surface area contributed by atoms with Gasteiger partial charge >= 0.3 is 5.97 Å². The summed E-state index contributed by atoms with van der Waals surface area (Å²) in [5.41, 5.74) is -1.52. The summed E-state index contributed by atoms with van der Waals surface area (Å²) in [7, 11) is 0. The summed E-state index contributed by atoms with van der Waals surface area (Å²) in [4.78, 5) is 12.1. The smallest absolute Gasteiger partial charge is 0.303 e. The first-order chi connectivity index (χ1) is 21.3. The molecule has 14 atom stereocenters. The Morgan fingerprint density at radius 3 is 2.35 bits per heavy atom. The quantitative estimate of drug-likeness (QED) is 0.209. The van der Waals surface area contributed by atoms with E-state index >= 15 is 0 Å². The second kappa shape index (κ2) is 11.1. The zero-order chi connectivity index (χ0) is 33.9. The highest BCUT2D eigenvalue weighted by molar-refractivity contribution is 5.66. The van der Waals surface area contributed by atoms with E-state index in [1.54, 1.807) is 13.8 Å². The molecule has 4 N–H and O–H groups in total. The summed E-state index contributed by atoms with van der Waals surface area (Å²) in [5, 5.41) is 42.8. The fourth-order valence-corrected chi connectivity index (χ4v) is 13.5. The van der Waals surface area contributed by atoms with Gasteiger partial charge < -0.3 is 39.4 Å². The zero-order valence-corrected chi connectivity index (χ0v) is 29.8. The number of esters is 1. The molecule has 6 rings (SSSR count). The van der Waals surface area contributed by atoms with Crippen LogP contribution in [0, 0.1) is 50.2 Å². The van der Waals surface area contributed by atoms with Crippen LogP contribution in [0.15, 0.2) is 0 Å². The number of rotatable bonds is 9. The summed E-state index contributed by atoms with van der Waals surface area (Å²) in [5.74, 6) is 0.343. The fourth-order valence-electron chi connectivity index (χ4n) is 13.5. The van der Waals surface area contributed by atoms with Gasteiger partial charge in [-0.1, -0.05) is 41.5 Å². The summed E-state index contributed by atoms with van der Waals surface area (Å²) in [6.07, 6.45) is 4.98. The Labute approximate surface area is 276 Å². The van der Waals surface area contributed by atoms with Crippen LogP contribution in [0.5, 0.6) is 0 Å². The van der Waals surface area contributed by atoms with Crippen LogP contribution in [-0.4, -0.2) is 88.6 Å². The average molecular weight is 651 g/mol. The maximum absolute atomic E-state index is 12.5. The molecule has 0 aromatic heterocycles. The van der Waals surface area contributed by atoms with Gasteiger partial charge in [0, 0.05) is 12.3 Å². The third-order valence-electron chi connectivity index (χ3n) is 16.0. The summed E-state index contributed by atoms with van der Waals surface area (Å²) < 4.78 is 24.6. The molecule has 0 bridgehead atoms. The van der Waals surface area contributed by atoms with E-state index in [2.05, 4.69) is 41.5 Å². The molecule has 6 aliphatic rings. The standard InChI is InChI=1S/C37H62O9/c1-21-18-23(30(32(5,6)42)44-22(2)40)45-28-27(21)33(7)14-15-36-20-37(36)13-11-25(46-26(19-39)43-17-16-38)31(3,4)34(37,8)12-10-24(36)35(33,9)29(28)41/h21,23-30,38-39,41-42H,10-20H2,1-9H3/t21-,23-,24+,25+,26+,27+,28+,29+,30+,33-,34+,35-,36+,37-/m1/s1. The first-order valence-electron chi connectivity index (χ1n) is 18.0. The zero-order valence-electron chi connectivity index (χ0n) is 29.8. The van der Waals surface area contributed by atoms with Gasteiger partial charge in [-0.25, -0.2) is 0 Å². The molecule has 0 aromatic carbocycles. The van der Waals surface area contributed by atoms with E-state index in [1.807, 2.05) is 0 Å². The Bertz CT molecular complexity index is 1180. The highest BCUT2D eigenvalue weighted by atomic mass is 16.7. The van der Waals surface area contributed by atoms with Crippen LogP contribution in [0.3, 0.4) is 0 Å². The van der Waals surface area contributed by atoms with Gasteiger partial charge in [0.25, 0.3) is 0 Å². The SMILES string of the molecule is CC(=O)O[C@@H]([C@H]1C[C@@H](C)[C@H]2[C@H](O1)[C@H](O)[C@@]1(C)[C@@H]3CC[C@@]4(C)C(C)(C)[C@@H](O[C@@H](CO)OCCO)CC[C@@]45C[C@@]35CC[C@]21C)C(C)(C)O. The summed E-state index contributed by atoms with van der Waals surface area (Å²) in [6.45, 7) is 18.7. The van der Waals surface area contributed by atoms with Crippen molar-refractivity contribution >= 4 is 5.97 Å². The van der Waals surface area contributed by atoms with Crippen molar-refractivity contribution in [2.24, 2.45) is 50.2 Å². The molecule has 264 valence electrons. The average Bonchev–Trinajstić information content (AvgIpc) is 3.61. The molecule has 2 spiro atoms. The minimum absolute atomic E-state index is 0.0235. The molecule has 1 heterocycles. The number of fused-ring (bicyclic) bond motifs is 4. The Hall–Kier alpha value is -0.810. The van der Waals surface area contributed by atoms with Crippen molar-refractivity contribution in [3.8, 4) is 0 Å². The predicted octanol–water partition coefficient (Wildman–Crippen LogP) is 4.61. The number of carbonyl (C=O) groups is 1. The van der Waals surface area contributed by atoms with Gasteiger partial charge in [0.1, 0.15) is 0 Å². The first-order valence-corrected chi connectivity index (χ1v) is 18.0.